The minimum Gasteiger partial charge on any atom is -0.329 e. The van der Waals surface area contributed by atoms with E-state index in [1.54, 1.807) is 16.7 Å². The van der Waals surface area contributed by atoms with Gasteiger partial charge in [0.1, 0.15) is 17.7 Å². The molecular weight excluding hydrogens is 411 g/mol. The maximum absolute atomic E-state index is 12.8. The van der Waals surface area contributed by atoms with Gasteiger partial charge in [0.25, 0.3) is 0 Å². The number of nitrogens with zero attached hydrogens (tertiary/aromatic N) is 7. The summed E-state index contributed by atoms with van der Waals surface area (Å²) in [4.78, 5) is 15.4. The van der Waals surface area contributed by atoms with Gasteiger partial charge in [0.2, 0.25) is 5.82 Å². The van der Waals surface area contributed by atoms with Crippen molar-refractivity contribution in [2.75, 3.05) is 6.26 Å². The normalized spacial score (nSPS) is 14.1. The summed E-state index contributed by atoms with van der Waals surface area (Å²) in [6, 6.07) is 3.11. The number of hydrogen-bond donors (Lipinski definition) is 0. The summed E-state index contributed by atoms with van der Waals surface area (Å²) in [5, 5.41) is 3.36. The minimum absolute atomic E-state index is 0.0688. The standard InChI is InChI=1S/C16H12F3N7O2S/c1-29(27,25-11-4-20-9-21-5-11)8-12-7-26-6-10(2-3-13(26)22-12)14-23-15(28-24-14)16(17,18)19/h2-7,9H,8H2,1H3. The summed E-state index contributed by atoms with van der Waals surface area (Å²) in [7, 11) is -2.66. The van der Waals surface area contributed by atoms with Gasteiger partial charge in [-0.1, -0.05) is 5.16 Å². The number of imidazole rings is 1. The van der Waals surface area contributed by atoms with E-state index in [4.69, 9.17) is 0 Å². The van der Waals surface area contributed by atoms with Crippen LogP contribution < -0.4 is 0 Å². The Morgan fingerprint density at radius 3 is 2.62 bits per heavy atom. The van der Waals surface area contributed by atoms with Gasteiger partial charge in [-0.15, -0.1) is 0 Å². The molecule has 29 heavy (non-hydrogen) atoms. The van der Waals surface area contributed by atoms with Gasteiger partial charge < -0.3 is 8.92 Å². The highest BCUT2D eigenvalue weighted by molar-refractivity contribution is 7.92. The van der Waals surface area contributed by atoms with Gasteiger partial charge in [-0.25, -0.2) is 19.2 Å². The van der Waals surface area contributed by atoms with Crippen molar-refractivity contribution in [1.82, 2.24) is 29.5 Å². The third-order valence-electron chi connectivity index (χ3n) is 3.69. The SMILES string of the molecule is CS(=O)(Cc1cn2cc(-c3noc(C(F)(F)F)n3)ccc2n1)=Nc1cncnc1. The average Bonchev–Trinajstić information content (AvgIpc) is 3.27. The van der Waals surface area contributed by atoms with Crippen LogP contribution in [0.25, 0.3) is 17.0 Å². The Balaban J connectivity index is 1.63. The summed E-state index contributed by atoms with van der Waals surface area (Å²) in [6.07, 6.45) is 4.15. The molecule has 0 fully saturated rings. The second kappa shape index (κ2) is 6.92. The first kappa shape index (κ1) is 19.0. The van der Waals surface area contributed by atoms with Crippen LogP contribution in [0.5, 0.6) is 0 Å². The van der Waals surface area contributed by atoms with Crippen LogP contribution in [-0.2, 0) is 21.7 Å². The molecule has 4 heterocycles. The van der Waals surface area contributed by atoms with E-state index in [0.717, 1.165) is 0 Å². The van der Waals surface area contributed by atoms with Crippen LogP contribution in [0.1, 0.15) is 11.6 Å². The quantitative estimate of drug-likeness (QED) is 0.496. The Hall–Kier alpha value is -3.35. The van der Waals surface area contributed by atoms with E-state index in [1.165, 1.54) is 37.2 Å². The lowest BCUT2D eigenvalue weighted by Crippen LogP contribution is -2.04. The van der Waals surface area contributed by atoms with E-state index in [2.05, 4.69) is 34.0 Å². The number of rotatable bonds is 4. The summed E-state index contributed by atoms with van der Waals surface area (Å²) in [6.45, 7) is 0. The Kier molecular flexibility index (Phi) is 4.53. The first-order valence-corrected chi connectivity index (χ1v) is 10.1. The highest BCUT2D eigenvalue weighted by Gasteiger charge is 2.38. The largest absolute Gasteiger partial charge is 0.471 e. The molecule has 9 nitrogen and oxygen atoms in total. The van der Waals surface area contributed by atoms with Crippen LogP contribution in [0.15, 0.2) is 52.1 Å². The molecule has 0 saturated heterocycles. The van der Waals surface area contributed by atoms with Crippen molar-refractivity contribution >= 4 is 21.1 Å². The molecule has 150 valence electrons. The number of fused-ring (bicyclic) bond motifs is 1. The van der Waals surface area contributed by atoms with Crippen LogP contribution in [-0.4, -0.2) is 40.0 Å². The number of halogens is 3. The summed E-state index contributed by atoms with van der Waals surface area (Å²) >= 11 is 0. The second-order valence-electron chi connectivity index (χ2n) is 6.13. The molecule has 1 unspecified atom stereocenters. The van der Waals surface area contributed by atoms with Crippen molar-refractivity contribution < 1.29 is 21.9 Å². The molecule has 0 spiro atoms. The number of aromatic nitrogens is 6. The molecule has 0 aliphatic heterocycles. The Morgan fingerprint density at radius 2 is 1.93 bits per heavy atom. The Bertz CT molecular complexity index is 1290. The third kappa shape index (κ3) is 4.23. The van der Waals surface area contributed by atoms with Crippen molar-refractivity contribution in [3.05, 3.63) is 54.8 Å². The molecule has 4 aromatic rings. The highest BCUT2D eigenvalue weighted by atomic mass is 32.2. The zero-order chi connectivity index (χ0) is 20.6. The average molecular weight is 423 g/mol. The molecule has 0 amide bonds. The van der Waals surface area contributed by atoms with E-state index in [0.29, 0.717) is 22.6 Å². The van der Waals surface area contributed by atoms with Crippen LogP contribution in [0, 0.1) is 0 Å². The van der Waals surface area contributed by atoms with E-state index in [1.807, 2.05) is 0 Å². The van der Waals surface area contributed by atoms with Gasteiger partial charge in [0.05, 0.1) is 33.6 Å². The first-order valence-electron chi connectivity index (χ1n) is 8.03. The molecule has 4 aromatic heterocycles. The zero-order valence-corrected chi connectivity index (χ0v) is 15.6. The summed E-state index contributed by atoms with van der Waals surface area (Å²) in [5.41, 5.74) is 1.72. The second-order valence-corrected chi connectivity index (χ2v) is 8.52. The van der Waals surface area contributed by atoms with E-state index in [9.17, 15) is 17.4 Å². The molecule has 0 saturated carbocycles. The number of pyridine rings is 1. The fraction of sp³-hybridized carbons (Fsp3) is 0.188. The van der Waals surface area contributed by atoms with Gasteiger partial charge in [-0.05, 0) is 12.1 Å². The fourth-order valence-electron chi connectivity index (χ4n) is 2.57. The van der Waals surface area contributed by atoms with Crippen LogP contribution >= 0.6 is 0 Å². The molecule has 0 radical (unpaired) electrons. The molecule has 0 bridgehead atoms. The van der Waals surface area contributed by atoms with Gasteiger partial charge in [-0.2, -0.15) is 22.5 Å². The molecule has 0 aliphatic carbocycles. The van der Waals surface area contributed by atoms with Crippen molar-refractivity contribution in [3.63, 3.8) is 0 Å². The maximum atomic E-state index is 12.8. The third-order valence-corrected chi connectivity index (χ3v) is 5.12. The maximum Gasteiger partial charge on any atom is 0.471 e. The Labute approximate surface area is 161 Å². The highest BCUT2D eigenvalue weighted by Crippen LogP contribution is 2.29. The van der Waals surface area contributed by atoms with Crippen molar-refractivity contribution in [3.8, 4) is 11.4 Å². The van der Waals surface area contributed by atoms with E-state index in [-0.39, 0.29) is 11.6 Å². The summed E-state index contributed by atoms with van der Waals surface area (Å²) in [5.74, 6) is -1.55. The summed E-state index contributed by atoms with van der Waals surface area (Å²) < 4.78 is 60.7. The molecule has 0 aliphatic rings. The number of hydrogen-bond acceptors (Lipinski definition) is 8. The monoisotopic (exact) mass is 423 g/mol. The van der Waals surface area contributed by atoms with E-state index < -0.39 is 21.8 Å². The number of alkyl halides is 3. The predicted octanol–water partition coefficient (Wildman–Crippen LogP) is 3.12. The lowest BCUT2D eigenvalue weighted by molar-refractivity contribution is -0.159. The molecule has 0 aromatic carbocycles. The molecular formula is C16H12F3N7O2S. The van der Waals surface area contributed by atoms with Crippen molar-refractivity contribution in [2.45, 2.75) is 11.9 Å². The van der Waals surface area contributed by atoms with E-state index >= 15 is 0 Å². The van der Waals surface area contributed by atoms with Crippen molar-refractivity contribution in [2.24, 2.45) is 4.36 Å². The Morgan fingerprint density at radius 1 is 1.17 bits per heavy atom. The van der Waals surface area contributed by atoms with Gasteiger partial charge in [-0.3, -0.25) is 0 Å². The fourth-order valence-corrected chi connectivity index (χ4v) is 3.86. The van der Waals surface area contributed by atoms with Crippen LogP contribution in [0.4, 0.5) is 18.9 Å². The topological polar surface area (TPSA) is 111 Å². The minimum atomic E-state index is -4.72. The molecule has 1 atom stereocenters. The molecule has 13 heteroatoms. The van der Waals surface area contributed by atoms with Gasteiger partial charge >= 0.3 is 12.1 Å². The van der Waals surface area contributed by atoms with Crippen molar-refractivity contribution in [1.29, 1.82) is 0 Å². The molecule has 0 N–H and O–H groups in total. The smallest absolute Gasteiger partial charge is 0.329 e. The van der Waals surface area contributed by atoms with Gasteiger partial charge in [0.15, 0.2) is 0 Å². The predicted molar refractivity (Wildman–Crippen MR) is 95.4 cm³/mol. The molecule has 4 rings (SSSR count). The zero-order valence-electron chi connectivity index (χ0n) is 14.7. The van der Waals surface area contributed by atoms with Gasteiger partial charge in [0, 0.05) is 24.2 Å². The lowest BCUT2D eigenvalue weighted by Gasteiger charge is -2.01. The van der Waals surface area contributed by atoms with Crippen LogP contribution in [0.2, 0.25) is 0 Å². The first-order chi connectivity index (χ1) is 13.7. The lowest BCUT2D eigenvalue weighted by atomic mass is 10.3. The van der Waals surface area contributed by atoms with Crippen LogP contribution in [0.3, 0.4) is 0 Å².